The van der Waals surface area contributed by atoms with Crippen LogP contribution in [0.4, 0.5) is 11.1 Å². The number of piperidine rings is 1. The van der Waals surface area contributed by atoms with Gasteiger partial charge < -0.3 is 14.4 Å². The van der Waals surface area contributed by atoms with Gasteiger partial charge >= 0.3 is 23.8 Å². The van der Waals surface area contributed by atoms with Crippen LogP contribution in [0.25, 0.3) is 0 Å². The molecule has 10 nitrogen and oxygen atoms in total. The minimum atomic E-state index is -0.849. The summed E-state index contributed by atoms with van der Waals surface area (Å²) in [7, 11) is 0. The van der Waals surface area contributed by atoms with E-state index >= 15 is 0 Å². The van der Waals surface area contributed by atoms with E-state index in [-0.39, 0.29) is 18.5 Å². The molecule has 2 aromatic rings. The van der Waals surface area contributed by atoms with Crippen LogP contribution in [0.1, 0.15) is 23.5 Å². The molecule has 1 saturated heterocycles. The fourth-order valence-electron chi connectivity index (χ4n) is 2.28. The van der Waals surface area contributed by atoms with Crippen molar-refractivity contribution in [1.82, 2.24) is 20.4 Å². The lowest BCUT2D eigenvalue weighted by atomic mass is 9.99. The predicted octanol–water partition coefficient (Wildman–Crippen LogP) is 1.20. The molecular formula is C12H14N6O4S2. The zero-order valence-corrected chi connectivity index (χ0v) is 14.3. The first-order chi connectivity index (χ1) is 11.6. The van der Waals surface area contributed by atoms with Crippen molar-refractivity contribution in [3.05, 3.63) is 5.89 Å². The van der Waals surface area contributed by atoms with Crippen LogP contribution in [0.3, 0.4) is 0 Å². The Labute approximate surface area is 144 Å². The molecule has 1 atom stereocenters. The third-order valence-electron chi connectivity index (χ3n) is 3.45. The van der Waals surface area contributed by atoms with Crippen LogP contribution in [0.15, 0.2) is 8.76 Å². The van der Waals surface area contributed by atoms with Crippen molar-refractivity contribution in [3.8, 4) is 0 Å². The molecule has 0 bridgehead atoms. The maximum Gasteiger partial charge on any atom is 0.318 e. The van der Waals surface area contributed by atoms with E-state index in [2.05, 4.69) is 25.7 Å². The summed E-state index contributed by atoms with van der Waals surface area (Å²) in [5.41, 5.74) is 0. The van der Waals surface area contributed by atoms with Gasteiger partial charge in [-0.15, -0.1) is 15.3 Å². The number of rotatable bonds is 5. The van der Waals surface area contributed by atoms with E-state index < -0.39 is 17.8 Å². The van der Waals surface area contributed by atoms with Gasteiger partial charge in [0, 0.05) is 13.1 Å². The first-order valence-electron chi connectivity index (χ1n) is 7.07. The van der Waals surface area contributed by atoms with E-state index in [0.717, 1.165) is 4.34 Å². The molecule has 0 aromatic carbocycles. The van der Waals surface area contributed by atoms with Gasteiger partial charge in [0.05, 0.1) is 5.92 Å². The van der Waals surface area contributed by atoms with Crippen molar-refractivity contribution < 1.29 is 19.1 Å². The lowest BCUT2D eigenvalue weighted by molar-refractivity contribution is -0.141. The second kappa shape index (κ2) is 7.13. The van der Waals surface area contributed by atoms with Crippen LogP contribution in [-0.4, -0.2) is 56.7 Å². The van der Waals surface area contributed by atoms with Gasteiger partial charge in [-0.1, -0.05) is 28.2 Å². The maximum atomic E-state index is 12.1. The van der Waals surface area contributed by atoms with Gasteiger partial charge in [-0.05, 0) is 19.1 Å². The van der Waals surface area contributed by atoms with Crippen LogP contribution in [0.2, 0.25) is 0 Å². The number of nitrogens with one attached hydrogen (secondary N) is 1. The van der Waals surface area contributed by atoms with Crippen molar-refractivity contribution >= 4 is 46.1 Å². The van der Waals surface area contributed by atoms with E-state index in [1.165, 1.54) is 23.1 Å². The molecule has 0 saturated carbocycles. The number of amides is 1. The van der Waals surface area contributed by atoms with Crippen molar-refractivity contribution in [2.24, 2.45) is 5.92 Å². The Morgan fingerprint density at radius 2 is 2.21 bits per heavy atom. The number of thioether (sulfide) groups is 1. The number of hydrogen-bond acceptors (Lipinski definition) is 10. The lowest BCUT2D eigenvalue weighted by Crippen LogP contribution is -2.38. The molecule has 0 aliphatic carbocycles. The Balaban J connectivity index is 1.66. The fourth-order valence-corrected chi connectivity index (χ4v) is 3.45. The Morgan fingerprint density at radius 1 is 1.38 bits per heavy atom. The average Bonchev–Trinajstić information content (AvgIpc) is 3.24. The van der Waals surface area contributed by atoms with E-state index in [1.807, 2.05) is 6.26 Å². The SMILES string of the molecule is CSc1nnc(NC(=O)c2nnc(N3CCCC(C(=O)O)C3)o2)s1. The molecule has 1 aliphatic rings. The van der Waals surface area contributed by atoms with Gasteiger partial charge in [0.25, 0.3) is 0 Å². The summed E-state index contributed by atoms with van der Waals surface area (Å²) in [6.07, 6.45) is 3.19. The summed E-state index contributed by atoms with van der Waals surface area (Å²) in [5, 5.41) is 27.2. The van der Waals surface area contributed by atoms with Gasteiger partial charge in [0.2, 0.25) is 5.13 Å². The van der Waals surface area contributed by atoms with Crippen LogP contribution in [-0.2, 0) is 4.79 Å². The van der Waals surface area contributed by atoms with Crippen LogP contribution in [0, 0.1) is 5.92 Å². The van der Waals surface area contributed by atoms with Gasteiger partial charge in [-0.25, -0.2) is 0 Å². The number of aromatic nitrogens is 4. The number of carboxylic acid groups (broad SMARTS) is 1. The molecule has 128 valence electrons. The Kier molecular flexibility index (Phi) is 4.94. The van der Waals surface area contributed by atoms with Gasteiger partial charge in [-0.2, -0.15) is 0 Å². The number of carbonyl (C=O) groups is 2. The number of nitrogens with zero attached hydrogens (tertiary/aromatic N) is 5. The highest BCUT2D eigenvalue weighted by Crippen LogP contribution is 2.25. The second-order valence-corrected chi connectivity index (χ2v) is 7.08. The van der Waals surface area contributed by atoms with E-state index in [9.17, 15) is 9.59 Å². The fraction of sp³-hybridized carbons (Fsp3) is 0.500. The van der Waals surface area contributed by atoms with E-state index in [1.54, 1.807) is 4.90 Å². The van der Waals surface area contributed by atoms with Crippen LogP contribution < -0.4 is 10.2 Å². The topological polar surface area (TPSA) is 134 Å². The van der Waals surface area contributed by atoms with Crippen molar-refractivity contribution in [2.45, 2.75) is 17.2 Å². The van der Waals surface area contributed by atoms with Gasteiger partial charge in [0.15, 0.2) is 4.34 Å². The number of hydrogen-bond donors (Lipinski definition) is 2. The first-order valence-corrected chi connectivity index (χ1v) is 9.11. The van der Waals surface area contributed by atoms with E-state index in [0.29, 0.717) is 24.5 Å². The van der Waals surface area contributed by atoms with Crippen molar-refractivity contribution in [1.29, 1.82) is 0 Å². The monoisotopic (exact) mass is 370 g/mol. The highest BCUT2D eigenvalue weighted by atomic mass is 32.2. The largest absolute Gasteiger partial charge is 0.481 e. The first kappa shape index (κ1) is 16.6. The number of anilines is 2. The predicted molar refractivity (Wildman–Crippen MR) is 86.5 cm³/mol. The Bertz CT molecular complexity index is 747. The third kappa shape index (κ3) is 3.64. The standard InChI is InChI=1S/C12H14N6O4S2/c1-23-12-17-15-10(24-12)13-7(19)8-14-16-11(22-8)18-4-2-3-6(5-18)9(20)21/h6H,2-5H2,1H3,(H,20,21)(H,13,15,19). The minimum Gasteiger partial charge on any atom is -0.481 e. The summed E-state index contributed by atoms with van der Waals surface area (Å²) in [6, 6.07) is 0.146. The molecular weight excluding hydrogens is 356 g/mol. The lowest BCUT2D eigenvalue weighted by Gasteiger charge is -2.28. The zero-order chi connectivity index (χ0) is 17.1. The van der Waals surface area contributed by atoms with Gasteiger partial charge in [0.1, 0.15) is 0 Å². The summed E-state index contributed by atoms with van der Waals surface area (Å²) < 4.78 is 6.09. The zero-order valence-electron chi connectivity index (χ0n) is 12.6. The summed E-state index contributed by atoms with van der Waals surface area (Å²) >= 11 is 2.66. The smallest absolute Gasteiger partial charge is 0.318 e. The molecule has 1 unspecified atom stereocenters. The number of carbonyl (C=O) groups excluding carboxylic acids is 1. The molecule has 3 rings (SSSR count). The molecule has 0 radical (unpaired) electrons. The molecule has 1 fully saturated rings. The van der Waals surface area contributed by atoms with E-state index in [4.69, 9.17) is 9.52 Å². The molecule has 2 aromatic heterocycles. The van der Waals surface area contributed by atoms with Crippen molar-refractivity contribution in [3.63, 3.8) is 0 Å². The summed E-state index contributed by atoms with van der Waals surface area (Å²) in [5.74, 6) is -2.11. The molecule has 1 amide bonds. The second-order valence-electron chi connectivity index (χ2n) is 5.04. The molecule has 3 heterocycles. The molecule has 24 heavy (non-hydrogen) atoms. The highest BCUT2D eigenvalue weighted by molar-refractivity contribution is 8.00. The minimum absolute atomic E-state index is 0.146. The molecule has 12 heteroatoms. The molecule has 0 spiro atoms. The highest BCUT2D eigenvalue weighted by Gasteiger charge is 2.29. The van der Waals surface area contributed by atoms with Crippen LogP contribution in [0.5, 0.6) is 0 Å². The Hall–Kier alpha value is -2.21. The number of aliphatic carboxylic acids is 1. The molecule has 2 N–H and O–H groups in total. The summed E-state index contributed by atoms with van der Waals surface area (Å²) in [6.45, 7) is 0.895. The average molecular weight is 370 g/mol. The number of carboxylic acids is 1. The van der Waals surface area contributed by atoms with Crippen molar-refractivity contribution in [2.75, 3.05) is 29.6 Å². The van der Waals surface area contributed by atoms with Gasteiger partial charge in [-0.3, -0.25) is 14.9 Å². The quantitative estimate of drug-likeness (QED) is 0.584. The maximum absolute atomic E-state index is 12.1. The normalized spacial score (nSPS) is 17.7. The Morgan fingerprint density at radius 3 is 2.92 bits per heavy atom. The molecule has 1 aliphatic heterocycles. The summed E-state index contributed by atoms with van der Waals surface area (Å²) in [4.78, 5) is 24.9. The third-order valence-corrected chi connectivity index (χ3v) is 5.27. The van der Waals surface area contributed by atoms with Crippen LogP contribution >= 0.6 is 23.1 Å².